The van der Waals surface area contributed by atoms with Gasteiger partial charge in [-0.05, 0) is 29.7 Å². The highest BCUT2D eigenvalue weighted by Crippen LogP contribution is 2.28. The van der Waals surface area contributed by atoms with E-state index in [1.54, 1.807) is 12.3 Å². The van der Waals surface area contributed by atoms with Crippen LogP contribution in [0.2, 0.25) is 0 Å². The Bertz CT molecular complexity index is 660. The average molecular weight is 313 g/mol. The van der Waals surface area contributed by atoms with Crippen LogP contribution in [-0.2, 0) is 19.1 Å². The van der Waals surface area contributed by atoms with Gasteiger partial charge in [0.15, 0.2) is 0 Å². The van der Waals surface area contributed by atoms with Gasteiger partial charge in [0, 0.05) is 12.8 Å². The molecule has 120 valence electrons. The fourth-order valence-electron chi connectivity index (χ4n) is 2.75. The first-order valence-corrected chi connectivity index (χ1v) is 7.69. The highest BCUT2D eigenvalue weighted by Gasteiger charge is 2.26. The summed E-state index contributed by atoms with van der Waals surface area (Å²) in [6.45, 7) is 2.46. The molecule has 3 rings (SSSR count). The Morgan fingerprint density at radius 2 is 2.09 bits per heavy atom. The zero-order valence-electron chi connectivity index (χ0n) is 13.0. The van der Waals surface area contributed by atoms with Crippen LogP contribution in [0, 0.1) is 0 Å². The number of hydrogen-bond donors (Lipinski definition) is 1. The van der Waals surface area contributed by atoms with E-state index in [0.717, 1.165) is 18.6 Å². The summed E-state index contributed by atoms with van der Waals surface area (Å²) in [5.41, 5.74) is 2.59. The summed E-state index contributed by atoms with van der Waals surface area (Å²) < 4.78 is 10.5. The van der Waals surface area contributed by atoms with Gasteiger partial charge in [0.25, 0.3) is 0 Å². The number of rotatable bonds is 4. The molecule has 2 atom stereocenters. The Labute approximate surface area is 135 Å². The van der Waals surface area contributed by atoms with E-state index in [0.29, 0.717) is 18.0 Å². The van der Waals surface area contributed by atoms with E-state index in [9.17, 15) is 9.59 Å². The van der Waals surface area contributed by atoms with Gasteiger partial charge in [0.2, 0.25) is 5.91 Å². The van der Waals surface area contributed by atoms with Gasteiger partial charge >= 0.3 is 5.97 Å². The van der Waals surface area contributed by atoms with Crippen LogP contribution in [0.5, 0.6) is 0 Å². The Kier molecular flexibility index (Phi) is 4.46. The van der Waals surface area contributed by atoms with Gasteiger partial charge in [0.1, 0.15) is 6.10 Å². The van der Waals surface area contributed by atoms with Crippen LogP contribution in [0.25, 0.3) is 5.57 Å². The van der Waals surface area contributed by atoms with E-state index in [2.05, 4.69) is 5.32 Å². The number of benzene rings is 1. The minimum atomic E-state index is -0.403. The Hall–Kier alpha value is -2.56. The molecule has 23 heavy (non-hydrogen) atoms. The molecule has 2 aliphatic rings. The fraction of sp³-hybridized carbons (Fsp3) is 0.333. The molecule has 0 aliphatic carbocycles. The van der Waals surface area contributed by atoms with Crippen LogP contribution < -0.4 is 5.32 Å². The largest absolute Gasteiger partial charge is 0.501 e. The van der Waals surface area contributed by atoms with Crippen molar-refractivity contribution in [1.29, 1.82) is 0 Å². The topological polar surface area (TPSA) is 64.6 Å². The Balaban J connectivity index is 1.72. The summed E-state index contributed by atoms with van der Waals surface area (Å²) in [6, 6.07) is 7.94. The lowest BCUT2D eigenvalue weighted by Gasteiger charge is -2.17. The molecule has 1 aromatic rings. The lowest BCUT2D eigenvalue weighted by molar-refractivity contribution is -0.138. The molecule has 0 fully saturated rings. The molecule has 2 heterocycles. The van der Waals surface area contributed by atoms with Gasteiger partial charge in [0.05, 0.1) is 25.0 Å². The smallest absolute Gasteiger partial charge is 0.339 e. The van der Waals surface area contributed by atoms with E-state index < -0.39 is 6.10 Å². The first-order valence-electron chi connectivity index (χ1n) is 7.69. The minimum absolute atomic E-state index is 0.142. The highest BCUT2D eigenvalue weighted by molar-refractivity contribution is 6.18. The number of hydrogen-bond acceptors (Lipinski definition) is 4. The van der Waals surface area contributed by atoms with Crippen molar-refractivity contribution in [3.63, 3.8) is 0 Å². The number of cyclic esters (lactones) is 1. The standard InChI is InChI=1S/C18H19NO4/c1-12(20)19-11-16-10-17(18(21)23-16)15-4-2-13(3-5-15)14-6-8-22-9-7-14/h2-6,8,10,14,16H,7,9,11H2,1H3,(H,19,20)/t14?,16-/m1/s1. The van der Waals surface area contributed by atoms with Crippen molar-refractivity contribution in [3.05, 3.63) is 53.8 Å². The number of nitrogens with one attached hydrogen (secondary N) is 1. The van der Waals surface area contributed by atoms with Crippen molar-refractivity contribution in [3.8, 4) is 0 Å². The second-order valence-electron chi connectivity index (χ2n) is 5.68. The Morgan fingerprint density at radius 3 is 2.74 bits per heavy atom. The summed E-state index contributed by atoms with van der Waals surface area (Å²) in [5.74, 6) is -0.134. The molecule has 0 bridgehead atoms. The lowest BCUT2D eigenvalue weighted by atomic mass is 9.93. The van der Waals surface area contributed by atoms with Crippen molar-refractivity contribution < 1.29 is 19.1 Å². The molecule has 0 radical (unpaired) electrons. The van der Waals surface area contributed by atoms with Gasteiger partial charge in [-0.1, -0.05) is 24.3 Å². The van der Waals surface area contributed by atoms with Crippen LogP contribution in [0.1, 0.15) is 30.4 Å². The van der Waals surface area contributed by atoms with E-state index in [-0.39, 0.29) is 11.9 Å². The predicted molar refractivity (Wildman–Crippen MR) is 85.4 cm³/mol. The van der Waals surface area contributed by atoms with Gasteiger partial charge in [-0.15, -0.1) is 0 Å². The van der Waals surface area contributed by atoms with Crippen molar-refractivity contribution in [2.45, 2.75) is 25.4 Å². The number of amides is 1. The number of esters is 1. The monoisotopic (exact) mass is 313 g/mol. The summed E-state index contributed by atoms with van der Waals surface area (Å²) >= 11 is 0. The molecule has 1 unspecified atom stereocenters. The molecule has 1 aromatic carbocycles. The van der Waals surface area contributed by atoms with Crippen molar-refractivity contribution in [1.82, 2.24) is 5.32 Å². The van der Waals surface area contributed by atoms with Crippen molar-refractivity contribution in [2.75, 3.05) is 13.2 Å². The quantitative estimate of drug-likeness (QED) is 0.865. The first-order chi connectivity index (χ1) is 11.1. The summed E-state index contributed by atoms with van der Waals surface area (Å²) in [4.78, 5) is 22.9. The number of carbonyl (C=O) groups is 2. The molecule has 5 heteroatoms. The predicted octanol–water partition coefficient (Wildman–Crippen LogP) is 2.15. The molecule has 0 aromatic heterocycles. The Morgan fingerprint density at radius 1 is 1.30 bits per heavy atom. The zero-order chi connectivity index (χ0) is 16.2. The molecule has 0 saturated carbocycles. The van der Waals surface area contributed by atoms with E-state index in [1.807, 2.05) is 30.3 Å². The maximum absolute atomic E-state index is 12.0. The van der Waals surface area contributed by atoms with E-state index in [4.69, 9.17) is 9.47 Å². The molecule has 0 spiro atoms. The fourth-order valence-corrected chi connectivity index (χ4v) is 2.75. The van der Waals surface area contributed by atoms with Crippen LogP contribution in [0.15, 0.2) is 42.7 Å². The second-order valence-corrected chi connectivity index (χ2v) is 5.68. The minimum Gasteiger partial charge on any atom is -0.501 e. The third kappa shape index (κ3) is 3.62. The number of carbonyl (C=O) groups excluding carboxylic acids is 2. The average Bonchev–Trinajstić information content (AvgIpc) is 2.95. The SMILES string of the molecule is CC(=O)NC[C@H]1C=C(c2ccc(C3C=COCC3)cc2)C(=O)O1. The summed E-state index contributed by atoms with van der Waals surface area (Å²) in [6.07, 6.45) is 6.11. The van der Waals surface area contributed by atoms with Gasteiger partial charge in [-0.25, -0.2) is 4.79 Å². The van der Waals surface area contributed by atoms with E-state index in [1.165, 1.54) is 12.5 Å². The van der Waals surface area contributed by atoms with Crippen LogP contribution in [-0.4, -0.2) is 31.1 Å². The first kappa shape index (κ1) is 15.3. The maximum atomic E-state index is 12.0. The molecular weight excluding hydrogens is 294 g/mol. The van der Waals surface area contributed by atoms with Crippen molar-refractivity contribution >= 4 is 17.4 Å². The highest BCUT2D eigenvalue weighted by atomic mass is 16.5. The van der Waals surface area contributed by atoms with Gasteiger partial charge in [-0.2, -0.15) is 0 Å². The third-order valence-corrected chi connectivity index (χ3v) is 3.99. The molecular formula is C18H19NO4. The molecule has 1 amide bonds. The normalized spacial score (nSPS) is 23.0. The molecule has 1 N–H and O–H groups in total. The van der Waals surface area contributed by atoms with Crippen LogP contribution in [0.4, 0.5) is 0 Å². The van der Waals surface area contributed by atoms with Crippen LogP contribution in [0.3, 0.4) is 0 Å². The number of ether oxygens (including phenoxy) is 2. The van der Waals surface area contributed by atoms with Gasteiger partial charge in [-0.3, -0.25) is 4.79 Å². The van der Waals surface area contributed by atoms with Crippen molar-refractivity contribution in [2.24, 2.45) is 0 Å². The maximum Gasteiger partial charge on any atom is 0.339 e. The molecule has 2 aliphatic heterocycles. The lowest BCUT2D eigenvalue weighted by Crippen LogP contribution is -2.29. The van der Waals surface area contributed by atoms with Gasteiger partial charge < -0.3 is 14.8 Å². The van der Waals surface area contributed by atoms with E-state index >= 15 is 0 Å². The molecule has 5 nitrogen and oxygen atoms in total. The second kappa shape index (κ2) is 6.69. The molecule has 0 saturated heterocycles. The van der Waals surface area contributed by atoms with Crippen LogP contribution >= 0.6 is 0 Å². The summed E-state index contributed by atoms with van der Waals surface area (Å²) in [7, 11) is 0. The third-order valence-electron chi connectivity index (χ3n) is 3.99. The zero-order valence-corrected chi connectivity index (χ0v) is 13.0. The number of allylic oxidation sites excluding steroid dienone is 1. The summed E-state index contributed by atoms with van der Waals surface area (Å²) in [5, 5.41) is 2.65.